The monoisotopic (exact) mass is 469 g/mol. The quantitative estimate of drug-likeness (QED) is 0.505. The SMILES string of the molecule is CC1(C)CCN2CCC(C)(C)c3cc(C=C=Cc4c(C(=O)O)[nH]n(-c5ccccc5)c4=O)cc1c32. The molecule has 3 heterocycles. The van der Waals surface area contributed by atoms with E-state index in [0.717, 1.165) is 31.5 Å². The van der Waals surface area contributed by atoms with Crippen molar-refractivity contribution in [1.29, 1.82) is 0 Å². The second kappa shape index (κ2) is 8.17. The van der Waals surface area contributed by atoms with Gasteiger partial charge in [-0.2, -0.15) is 0 Å². The standard InChI is InChI=1S/C29H31N3O3/c1-28(2)13-15-31-16-14-29(3,4)23-18-19(17-22(28)25(23)31)9-8-12-21-24(27(34)35)30-32(26(21)33)20-10-6-5-7-11-20/h5-7,9-12,17-18,30H,13-16H2,1-4H3,(H,34,35). The smallest absolute Gasteiger partial charge is 0.354 e. The normalized spacial score (nSPS) is 17.3. The number of nitrogens with zero attached hydrogens (tertiary/aromatic N) is 2. The summed E-state index contributed by atoms with van der Waals surface area (Å²) in [6.07, 6.45) is 5.52. The summed E-state index contributed by atoms with van der Waals surface area (Å²) in [5.41, 5.74) is 8.40. The van der Waals surface area contributed by atoms with Crippen LogP contribution in [0.1, 0.15) is 73.3 Å². The lowest BCUT2D eigenvalue weighted by molar-refractivity contribution is 0.0689. The molecule has 0 amide bonds. The van der Waals surface area contributed by atoms with Crippen molar-refractivity contribution >= 4 is 23.8 Å². The van der Waals surface area contributed by atoms with Crippen molar-refractivity contribution in [3.8, 4) is 5.69 Å². The van der Waals surface area contributed by atoms with Crippen LogP contribution in [0.5, 0.6) is 0 Å². The van der Waals surface area contributed by atoms with Crippen LogP contribution in [0.2, 0.25) is 0 Å². The number of rotatable bonds is 4. The van der Waals surface area contributed by atoms with Gasteiger partial charge in [0, 0.05) is 18.8 Å². The van der Waals surface area contributed by atoms with E-state index in [1.165, 1.54) is 27.6 Å². The third-order valence-corrected chi connectivity index (χ3v) is 7.55. The fourth-order valence-corrected chi connectivity index (χ4v) is 5.27. The van der Waals surface area contributed by atoms with E-state index in [1.807, 2.05) is 12.1 Å². The topological polar surface area (TPSA) is 78.3 Å². The summed E-state index contributed by atoms with van der Waals surface area (Å²) in [5.74, 6) is -1.19. The molecule has 0 saturated heterocycles. The Bertz CT molecular complexity index is 1390. The zero-order valence-electron chi connectivity index (χ0n) is 20.7. The van der Waals surface area contributed by atoms with E-state index < -0.39 is 11.5 Å². The molecule has 2 aliphatic rings. The van der Waals surface area contributed by atoms with E-state index in [4.69, 9.17) is 0 Å². The van der Waals surface area contributed by atoms with Gasteiger partial charge in [-0.15, -0.1) is 5.73 Å². The molecule has 35 heavy (non-hydrogen) atoms. The first kappa shape index (κ1) is 23.0. The average molecular weight is 470 g/mol. The van der Waals surface area contributed by atoms with Gasteiger partial charge in [-0.1, -0.05) is 45.9 Å². The summed E-state index contributed by atoms with van der Waals surface area (Å²) < 4.78 is 1.25. The van der Waals surface area contributed by atoms with Gasteiger partial charge in [0.05, 0.1) is 11.3 Å². The lowest BCUT2D eigenvalue weighted by Crippen LogP contribution is -2.44. The number of benzene rings is 2. The van der Waals surface area contributed by atoms with Gasteiger partial charge < -0.3 is 10.0 Å². The minimum Gasteiger partial charge on any atom is -0.477 e. The predicted molar refractivity (Wildman–Crippen MR) is 140 cm³/mol. The van der Waals surface area contributed by atoms with Gasteiger partial charge in [-0.05, 0) is 76.8 Å². The largest absolute Gasteiger partial charge is 0.477 e. The number of carbonyl (C=O) groups is 1. The highest BCUT2D eigenvalue weighted by molar-refractivity contribution is 5.90. The summed E-state index contributed by atoms with van der Waals surface area (Å²) in [7, 11) is 0. The number of para-hydroxylation sites is 1. The maximum atomic E-state index is 13.0. The van der Waals surface area contributed by atoms with Gasteiger partial charge in [0.2, 0.25) is 0 Å². The van der Waals surface area contributed by atoms with Crippen LogP contribution in [0.15, 0.2) is 53.0 Å². The van der Waals surface area contributed by atoms with Crippen LogP contribution in [-0.4, -0.2) is 33.9 Å². The zero-order valence-corrected chi connectivity index (χ0v) is 20.7. The predicted octanol–water partition coefficient (Wildman–Crippen LogP) is 5.36. The molecule has 0 saturated carbocycles. The molecule has 0 bridgehead atoms. The number of H-pyrrole nitrogens is 1. The van der Waals surface area contributed by atoms with Crippen molar-refractivity contribution in [3.63, 3.8) is 0 Å². The number of aromatic nitrogens is 2. The van der Waals surface area contributed by atoms with E-state index in [1.54, 1.807) is 24.3 Å². The molecule has 1 aromatic heterocycles. The van der Waals surface area contributed by atoms with Gasteiger partial charge in [0.25, 0.3) is 5.56 Å². The van der Waals surface area contributed by atoms with Crippen molar-refractivity contribution in [1.82, 2.24) is 9.78 Å². The molecule has 0 radical (unpaired) electrons. The highest BCUT2D eigenvalue weighted by Gasteiger charge is 2.39. The second-order valence-electron chi connectivity index (χ2n) is 10.9. The summed E-state index contributed by atoms with van der Waals surface area (Å²) in [6.45, 7) is 11.4. The Hall–Kier alpha value is -3.76. The maximum absolute atomic E-state index is 13.0. The van der Waals surface area contributed by atoms with Crippen molar-refractivity contribution in [2.45, 2.75) is 51.4 Å². The molecular weight excluding hydrogens is 438 g/mol. The Balaban J connectivity index is 1.61. The molecule has 6 nitrogen and oxygen atoms in total. The number of anilines is 1. The number of aromatic carboxylic acids is 1. The van der Waals surface area contributed by atoms with E-state index in [2.05, 4.69) is 55.6 Å². The van der Waals surface area contributed by atoms with Crippen LogP contribution in [0.25, 0.3) is 17.8 Å². The molecule has 180 valence electrons. The summed E-state index contributed by atoms with van der Waals surface area (Å²) >= 11 is 0. The Morgan fingerprint density at radius 1 is 1.00 bits per heavy atom. The maximum Gasteiger partial charge on any atom is 0.354 e. The molecule has 2 aliphatic heterocycles. The lowest BCUT2D eigenvalue weighted by Gasteiger charge is -2.48. The molecule has 5 rings (SSSR count). The van der Waals surface area contributed by atoms with Gasteiger partial charge in [-0.25, -0.2) is 9.48 Å². The molecule has 6 heteroatoms. The highest BCUT2D eigenvalue weighted by atomic mass is 16.4. The van der Waals surface area contributed by atoms with Gasteiger partial charge >= 0.3 is 5.97 Å². The molecule has 0 fully saturated rings. The zero-order chi connectivity index (χ0) is 25.0. The van der Waals surface area contributed by atoms with E-state index in [9.17, 15) is 14.7 Å². The van der Waals surface area contributed by atoms with E-state index >= 15 is 0 Å². The van der Waals surface area contributed by atoms with Gasteiger partial charge in [0.15, 0.2) is 5.69 Å². The Morgan fingerprint density at radius 2 is 1.60 bits per heavy atom. The first-order chi connectivity index (χ1) is 16.6. The summed E-state index contributed by atoms with van der Waals surface area (Å²) in [6, 6.07) is 13.4. The average Bonchev–Trinajstić information content (AvgIpc) is 3.15. The molecule has 0 spiro atoms. The molecule has 0 unspecified atom stereocenters. The second-order valence-corrected chi connectivity index (χ2v) is 10.9. The number of carboxylic acid groups (broad SMARTS) is 1. The number of hydrogen-bond acceptors (Lipinski definition) is 3. The van der Waals surface area contributed by atoms with Crippen LogP contribution in [0.4, 0.5) is 5.69 Å². The highest BCUT2D eigenvalue weighted by Crippen LogP contribution is 2.49. The fraction of sp³-hybridized carbons (Fsp3) is 0.345. The molecule has 0 atom stereocenters. The van der Waals surface area contributed by atoms with Crippen molar-refractivity contribution in [2.75, 3.05) is 18.0 Å². The summed E-state index contributed by atoms with van der Waals surface area (Å²) in [5, 5.41) is 12.4. The third kappa shape index (κ3) is 3.94. The van der Waals surface area contributed by atoms with E-state index in [-0.39, 0.29) is 22.1 Å². The number of carboxylic acids is 1. The van der Waals surface area contributed by atoms with E-state index in [0.29, 0.717) is 5.69 Å². The molecule has 2 N–H and O–H groups in total. The van der Waals surface area contributed by atoms with Gasteiger partial charge in [0.1, 0.15) is 0 Å². The molecular formula is C29H31N3O3. The molecule has 2 aromatic carbocycles. The van der Waals surface area contributed by atoms with Crippen molar-refractivity contribution < 1.29 is 9.90 Å². The number of aromatic amines is 1. The van der Waals surface area contributed by atoms with Crippen LogP contribution in [-0.2, 0) is 10.8 Å². The molecule has 3 aromatic rings. The van der Waals surface area contributed by atoms with Crippen LogP contribution < -0.4 is 10.5 Å². The lowest BCUT2D eigenvalue weighted by atomic mass is 9.69. The number of hydrogen-bond donors (Lipinski definition) is 2. The first-order valence-corrected chi connectivity index (χ1v) is 12.1. The van der Waals surface area contributed by atoms with Crippen LogP contribution >= 0.6 is 0 Å². The third-order valence-electron chi connectivity index (χ3n) is 7.55. The summed E-state index contributed by atoms with van der Waals surface area (Å²) in [4.78, 5) is 27.4. The number of nitrogens with one attached hydrogen (secondary N) is 1. The van der Waals surface area contributed by atoms with Crippen LogP contribution in [0.3, 0.4) is 0 Å². The Kier molecular flexibility index (Phi) is 5.37. The fourth-order valence-electron chi connectivity index (χ4n) is 5.27. The first-order valence-electron chi connectivity index (χ1n) is 12.1. The van der Waals surface area contributed by atoms with Crippen molar-refractivity contribution in [2.24, 2.45) is 0 Å². The minimum absolute atomic E-state index is 0.0715. The Morgan fingerprint density at radius 3 is 2.17 bits per heavy atom. The van der Waals surface area contributed by atoms with Gasteiger partial charge in [-0.3, -0.25) is 9.89 Å². The minimum atomic E-state index is -1.19. The Labute approximate surface area is 205 Å². The van der Waals surface area contributed by atoms with Crippen molar-refractivity contribution in [3.05, 3.63) is 86.5 Å². The van der Waals surface area contributed by atoms with Crippen LogP contribution in [0, 0.1) is 0 Å². The molecule has 0 aliphatic carbocycles.